The third-order valence-corrected chi connectivity index (χ3v) is 10.8. The van der Waals surface area contributed by atoms with Crippen LogP contribution in [0.15, 0.2) is 122 Å². The summed E-state index contributed by atoms with van der Waals surface area (Å²) in [5.74, 6) is -0.175. The summed E-state index contributed by atoms with van der Waals surface area (Å²) in [5.41, 5.74) is 0. The van der Waals surface area contributed by atoms with E-state index in [4.69, 9.17) is 9.47 Å². The lowest BCUT2D eigenvalue weighted by molar-refractivity contribution is -0.302. The average Bonchev–Trinajstić information content (AvgIpc) is 3.29. The van der Waals surface area contributed by atoms with Gasteiger partial charge in [0.1, 0.15) is 24.4 Å². The first-order valence-electron chi connectivity index (χ1n) is 24.7. The van der Waals surface area contributed by atoms with E-state index >= 15 is 0 Å². The van der Waals surface area contributed by atoms with Crippen molar-refractivity contribution in [2.45, 2.75) is 204 Å². The Kier molecular flexibility index (Phi) is 39.8. The standard InChI is InChI=1S/C55H89NO8/c1-3-5-7-9-10-11-12-13-14-15-16-17-18-19-20-21-22-23-24-25-26-27-28-29-30-31-32-33-34-35-36-37-38-39-40-41-43-45-51(59)56-48(49(58)44-42-8-6-4-2)47-63-55-54(62)53(61)52(60)50(46-57)64-55/h5,7,10-11,13-14,16-17,19-20,22-23,25-26,28-29,31-32,34-35,48-50,52-55,57-58,60-62H,3-4,6,8-9,12,15,18,21,24,27,30,33,36-47H2,1-2H3,(H,56,59)/b7-5-,11-10-,14-13-,17-16-,20-19-,23-22-,26-25-,29-28-,32-31-,35-34-. The molecule has 0 aliphatic carbocycles. The fourth-order valence-electron chi connectivity index (χ4n) is 6.89. The van der Waals surface area contributed by atoms with Crippen LogP contribution in [0, 0.1) is 0 Å². The van der Waals surface area contributed by atoms with E-state index in [9.17, 15) is 30.3 Å². The van der Waals surface area contributed by atoms with E-state index in [1.54, 1.807) is 0 Å². The number of amides is 1. The molecule has 9 nitrogen and oxygen atoms in total. The summed E-state index contributed by atoms with van der Waals surface area (Å²) < 4.78 is 11.1. The number of hydrogen-bond acceptors (Lipinski definition) is 8. The van der Waals surface area contributed by atoms with Crippen LogP contribution in [0.5, 0.6) is 0 Å². The van der Waals surface area contributed by atoms with Crippen molar-refractivity contribution in [3.8, 4) is 0 Å². The van der Waals surface area contributed by atoms with Crippen molar-refractivity contribution in [3.05, 3.63) is 122 Å². The molecule has 6 N–H and O–H groups in total. The molecule has 0 spiro atoms. The van der Waals surface area contributed by atoms with Gasteiger partial charge in [0.25, 0.3) is 0 Å². The zero-order chi connectivity index (χ0) is 46.6. The molecule has 362 valence electrons. The molecule has 0 aromatic carbocycles. The molecule has 9 heteroatoms. The van der Waals surface area contributed by atoms with Gasteiger partial charge >= 0.3 is 0 Å². The molecule has 1 fully saturated rings. The second kappa shape index (κ2) is 43.5. The normalized spacial score (nSPS) is 21.1. The van der Waals surface area contributed by atoms with Crippen LogP contribution < -0.4 is 5.32 Å². The van der Waals surface area contributed by atoms with Crippen LogP contribution in [0.2, 0.25) is 0 Å². The molecule has 0 bridgehead atoms. The Morgan fingerprint density at radius 1 is 0.547 bits per heavy atom. The molecule has 1 aliphatic rings. The lowest BCUT2D eigenvalue weighted by atomic mass is 9.99. The number of nitrogens with one attached hydrogen (secondary N) is 1. The molecule has 0 radical (unpaired) electrons. The maximum Gasteiger partial charge on any atom is 0.220 e. The number of rotatable bonds is 39. The number of unbranched alkanes of at least 4 members (excludes halogenated alkanes) is 9. The predicted molar refractivity (Wildman–Crippen MR) is 267 cm³/mol. The van der Waals surface area contributed by atoms with E-state index in [1.165, 1.54) is 0 Å². The molecule has 1 rings (SSSR count). The molecule has 0 aromatic rings. The number of aliphatic hydroxyl groups excluding tert-OH is 5. The van der Waals surface area contributed by atoms with Crippen LogP contribution in [-0.4, -0.2) is 87.5 Å². The first-order chi connectivity index (χ1) is 31.3. The number of carbonyl (C=O) groups excluding carboxylic acids is 1. The highest BCUT2D eigenvalue weighted by molar-refractivity contribution is 5.76. The van der Waals surface area contributed by atoms with E-state index in [0.29, 0.717) is 12.8 Å². The van der Waals surface area contributed by atoms with E-state index in [-0.39, 0.29) is 12.5 Å². The number of carbonyl (C=O) groups is 1. The van der Waals surface area contributed by atoms with E-state index in [2.05, 4.69) is 141 Å². The number of aliphatic hydroxyl groups is 5. The minimum Gasteiger partial charge on any atom is -0.394 e. The van der Waals surface area contributed by atoms with Crippen molar-refractivity contribution in [3.63, 3.8) is 0 Å². The smallest absolute Gasteiger partial charge is 0.220 e. The first-order valence-corrected chi connectivity index (χ1v) is 24.7. The largest absolute Gasteiger partial charge is 0.394 e. The van der Waals surface area contributed by atoms with Gasteiger partial charge in [0.2, 0.25) is 5.91 Å². The number of hydrogen-bond donors (Lipinski definition) is 6. The van der Waals surface area contributed by atoms with Gasteiger partial charge in [-0.15, -0.1) is 0 Å². The van der Waals surface area contributed by atoms with Gasteiger partial charge in [0, 0.05) is 6.42 Å². The summed E-state index contributed by atoms with van der Waals surface area (Å²) in [5, 5.41) is 53.7. The van der Waals surface area contributed by atoms with Crippen LogP contribution in [0.1, 0.15) is 162 Å². The second-order valence-corrected chi connectivity index (χ2v) is 16.5. The monoisotopic (exact) mass is 892 g/mol. The molecule has 1 amide bonds. The van der Waals surface area contributed by atoms with Crippen LogP contribution >= 0.6 is 0 Å². The zero-order valence-electron chi connectivity index (χ0n) is 39.7. The maximum atomic E-state index is 12.8. The van der Waals surface area contributed by atoms with Crippen LogP contribution in [0.25, 0.3) is 0 Å². The average molecular weight is 892 g/mol. The van der Waals surface area contributed by atoms with Gasteiger partial charge in [-0.05, 0) is 89.9 Å². The summed E-state index contributed by atoms with van der Waals surface area (Å²) in [4.78, 5) is 12.8. The molecule has 7 unspecified atom stereocenters. The van der Waals surface area contributed by atoms with Crippen LogP contribution in [-0.2, 0) is 14.3 Å². The van der Waals surface area contributed by atoms with Gasteiger partial charge < -0.3 is 40.3 Å². The first kappa shape index (κ1) is 58.6. The fourth-order valence-corrected chi connectivity index (χ4v) is 6.89. The maximum absolute atomic E-state index is 12.8. The Bertz CT molecular complexity index is 1410. The van der Waals surface area contributed by atoms with E-state index in [1.807, 2.05) is 0 Å². The van der Waals surface area contributed by atoms with Gasteiger partial charge in [-0.25, -0.2) is 0 Å². The Morgan fingerprint density at radius 2 is 0.969 bits per heavy atom. The SMILES string of the molecule is CC/C=C\C/C=C\C/C=C\C/C=C\C/C=C\C/C=C\C/C=C\C/C=C\C/C=C\C/C=C\CCCCCCCCC(=O)NC(COC1OC(CO)C(O)C(O)C1O)C(O)CCCCCC. The van der Waals surface area contributed by atoms with Crippen molar-refractivity contribution in [1.82, 2.24) is 5.32 Å². The summed E-state index contributed by atoms with van der Waals surface area (Å²) in [6, 6.07) is -0.731. The summed E-state index contributed by atoms with van der Waals surface area (Å²) in [7, 11) is 0. The highest BCUT2D eigenvalue weighted by Crippen LogP contribution is 2.23. The van der Waals surface area contributed by atoms with Crippen molar-refractivity contribution in [2.75, 3.05) is 13.2 Å². The third-order valence-electron chi connectivity index (χ3n) is 10.8. The van der Waals surface area contributed by atoms with E-state index < -0.39 is 49.5 Å². The summed E-state index contributed by atoms with van der Waals surface area (Å²) >= 11 is 0. The molecule has 0 saturated carbocycles. The summed E-state index contributed by atoms with van der Waals surface area (Å²) in [6.07, 6.45) is 58.6. The Balaban J connectivity index is 2.09. The number of allylic oxidation sites excluding steroid dienone is 20. The number of ether oxygens (including phenoxy) is 2. The predicted octanol–water partition coefficient (Wildman–Crippen LogP) is 11.2. The Morgan fingerprint density at radius 3 is 1.42 bits per heavy atom. The highest BCUT2D eigenvalue weighted by atomic mass is 16.7. The van der Waals surface area contributed by atoms with Crippen LogP contribution in [0.3, 0.4) is 0 Å². The molecule has 1 heterocycles. The van der Waals surface area contributed by atoms with Crippen molar-refractivity contribution >= 4 is 5.91 Å². The molecule has 1 aliphatic heterocycles. The van der Waals surface area contributed by atoms with Gasteiger partial charge in [-0.2, -0.15) is 0 Å². The van der Waals surface area contributed by atoms with Gasteiger partial charge in [-0.1, -0.05) is 187 Å². The fraction of sp³-hybridized carbons (Fsp3) is 0.618. The third kappa shape index (κ3) is 33.1. The van der Waals surface area contributed by atoms with Gasteiger partial charge in [0.05, 0.1) is 25.4 Å². The summed E-state index contributed by atoms with van der Waals surface area (Å²) in [6.45, 7) is 3.55. The van der Waals surface area contributed by atoms with Gasteiger partial charge in [-0.3, -0.25) is 4.79 Å². The molecule has 0 aromatic heterocycles. The lowest BCUT2D eigenvalue weighted by Gasteiger charge is -2.40. The van der Waals surface area contributed by atoms with Crippen molar-refractivity contribution < 1.29 is 39.8 Å². The molecular formula is C55H89NO8. The van der Waals surface area contributed by atoms with Crippen molar-refractivity contribution in [1.29, 1.82) is 0 Å². The van der Waals surface area contributed by atoms with Gasteiger partial charge in [0.15, 0.2) is 6.29 Å². The topological polar surface area (TPSA) is 149 Å². The molecule has 7 atom stereocenters. The highest BCUT2D eigenvalue weighted by Gasteiger charge is 2.44. The quantitative estimate of drug-likeness (QED) is 0.0264. The zero-order valence-corrected chi connectivity index (χ0v) is 39.7. The lowest BCUT2D eigenvalue weighted by Crippen LogP contribution is -2.60. The molecular weight excluding hydrogens is 803 g/mol. The Labute approximate surface area is 388 Å². The molecule has 1 saturated heterocycles. The minimum atomic E-state index is -1.56. The minimum absolute atomic E-state index is 0.156. The van der Waals surface area contributed by atoms with Crippen molar-refractivity contribution in [2.24, 2.45) is 0 Å². The van der Waals surface area contributed by atoms with E-state index in [0.717, 1.165) is 135 Å². The van der Waals surface area contributed by atoms with Crippen LogP contribution in [0.4, 0.5) is 0 Å². The Hall–Kier alpha value is -3.41. The second-order valence-electron chi connectivity index (χ2n) is 16.5. The molecule has 64 heavy (non-hydrogen) atoms.